The fourth-order valence-electron chi connectivity index (χ4n) is 1.43. The number of nitrogens with one attached hydrogen (secondary N) is 1. The third-order valence-electron chi connectivity index (χ3n) is 2.27. The van der Waals surface area contributed by atoms with Gasteiger partial charge in [0.2, 0.25) is 5.89 Å². The number of amides is 1. The highest BCUT2D eigenvalue weighted by Gasteiger charge is 2.15. The van der Waals surface area contributed by atoms with Gasteiger partial charge in [-0.15, -0.1) is 5.10 Å². The Morgan fingerprint density at radius 1 is 1.50 bits per heavy atom. The average Bonchev–Trinajstić information content (AvgIpc) is 2.83. The van der Waals surface area contributed by atoms with Crippen LogP contribution in [0.2, 0.25) is 0 Å². The minimum atomic E-state index is -0.723. The normalized spacial score (nSPS) is 9.75. The van der Waals surface area contributed by atoms with Gasteiger partial charge in [-0.25, -0.2) is 4.39 Å². The number of carbonyl (C=O) groups excluding carboxylic acids is 1. The number of nitrogens with zero attached hydrogens (tertiary/aromatic N) is 2. The van der Waals surface area contributed by atoms with E-state index < -0.39 is 11.7 Å². The van der Waals surface area contributed by atoms with Gasteiger partial charge in [0.15, 0.2) is 0 Å². The van der Waals surface area contributed by atoms with E-state index in [9.17, 15) is 9.18 Å². The Morgan fingerprint density at radius 2 is 2.30 bits per heavy atom. The van der Waals surface area contributed by atoms with E-state index in [-0.39, 0.29) is 24.1 Å². The van der Waals surface area contributed by atoms with Crippen LogP contribution in [0.5, 0.6) is 0 Å². The number of aromatic nitrogens is 2. The first-order valence-corrected chi connectivity index (χ1v) is 5.61. The molecule has 6 nitrogen and oxygen atoms in total. The van der Waals surface area contributed by atoms with Crippen LogP contribution in [-0.4, -0.2) is 27.8 Å². The number of aliphatic hydroxyl groups excluding tert-OH is 1. The number of hydrogen-bond donors (Lipinski definition) is 2. The smallest absolute Gasteiger partial charge is 0.322 e. The van der Waals surface area contributed by atoms with Gasteiger partial charge in [-0.3, -0.25) is 10.1 Å². The summed E-state index contributed by atoms with van der Waals surface area (Å²) < 4.78 is 18.6. The molecule has 0 aliphatic heterocycles. The first-order valence-electron chi connectivity index (χ1n) is 5.61. The summed E-state index contributed by atoms with van der Waals surface area (Å²) in [5, 5.41) is 18.0. The van der Waals surface area contributed by atoms with Crippen molar-refractivity contribution in [1.82, 2.24) is 10.2 Å². The molecule has 0 radical (unpaired) electrons. The van der Waals surface area contributed by atoms with E-state index >= 15 is 0 Å². The van der Waals surface area contributed by atoms with Crippen LogP contribution in [0.15, 0.2) is 22.6 Å². The van der Waals surface area contributed by atoms with Crippen molar-refractivity contribution >= 4 is 11.9 Å². The Bertz CT molecular complexity index is 700. The molecule has 20 heavy (non-hydrogen) atoms. The summed E-state index contributed by atoms with van der Waals surface area (Å²) in [5.41, 5.74) is 0.206. The fourth-order valence-corrected chi connectivity index (χ4v) is 1.43. The van der Waals surface area contributed by atoms with E-state index in [4.69, 9.17) is 9.52 Å². The van der Waals surface area contributed by atoms with Crippen LogP contribution in [0.25, 0.3) is 0 Å². The predicted molar refractivity (Wildman–Crippen MR) is 67.4 cm³/mol. The molecule has 0 aliphatic carbocycles. The summed E-state index contributed by atoms with van der Waals surface area (Å²) in [5.74, 6) is 3.86. The fraction of sp³-hybridized carbons (Fsp3) is 0.154. The molecule has 2 aromatic rings. The van der Waals surface area contributed by atoms with E-state index in [1.54, 1.807) is 6.92 Å². The van der Waals surface area contributed by atoms with Gasteiger partial charge in [-0.05, 0) is 18.2 Å². The molecule has 0 saturated carbocycles. The van der Waals surface area contributed by atoms with Crippen LogP contribution in [0.4, 0.5) is 10.4 Å². The zero-order valence-corrected chi connectivity index (χ0v) is 10.5. The van der Waals surface area contributed by atoms with E-state index in [1.807, 2.05) is 0 Å². The van der Waals surface area contributed by atoms with Gasteiger partial charge in [-0.1, -0.05) is 16.9 Å². The third kappa shape index (κ3) is 3.18. The van der Waals surface area contributed by atoms with E-state index in [2.05, 4.69) is 27.4 Å². The predicted octanol–water partition coefficient (Wildman–Crippen LogP) is 1.11. The first kappa shape index (κ1) is 13.7. The highest BCUT2D eigenvalue weighted by atomic mass is 19.1. The van der Waals surface area contributed by atoms with Gasteiger partial charge < -0.3 is 9.52 Å². The molecule has 0 aliphatic rings. The summed E-state index contributed by atoms with van der Waals surface area (Å²) in [6, 6.07) is 3.69. The molecule has 1 heterocycles. The van der Waals surface area contributed by atoms with E-state index in [0.717, 1.165) is 6.07 Å². The summed E-state index contributed by atoms with van der Waals surface area (Å²) >= 11 is 0. The van der Waals surface area contributed by atoms with Gasteiger partial charge in [-0.2, -0.15) is 0 Å². The topological polar surface area (TPSA) is 88.2 Å². The summed E-state index contributed by atoms with van der Waals surface area (Å²) in [4.78, 5) is 11.9. The number of aryl methyl sites for hydroxylation is 1. The summed E-state index contributed by atoms with van der Waals surface area (Å²) in [7, 11) is 0. The molecule has 0 atom stereocenters. The Kier molecular flexibility index (Phi) is 4.08. The standard InChI is InChI=1S/C13H10FN3O3/c1-8-16-17-13(20-8)15-12(19)10-7-9(3-2-6-18)4-5-11(10)14/h4-5,7,18H,6H2,1H3,(H,15,17,19). The van der Waals surface area contributed by atoms with Crippen molar-refractivity contribution in [1.29, 1.82) is 0 Å². The second kappa shape index (κ2) is 5.95. The van der Waals surface area contributed by atoms with Crippen LogP contribution in [0.3, 0.4) is 0 Å². The lowest BCUT2D eigenvalue weighted by Gasteiger charge is -2.02. The van der Waals surface area contributed by atoms with Crippen LogP contribution in [0.1, 0.15) is 21.8 Å². The van der Waals surface area contributed by atoms with Crippen LogP contribution < -0.4 is 5.32 Å². The number of anilines is 1. The highest BCUT2D eigenvalue weighted by molar-refractivity contribution is 6.03. The van der Waals surface area contributed by atoms with Crippen molar-refractivity contribution in [3.05, 3.63) is 41.0 Å². The molecule has 1 aromatic carbocycles. The number of rotatable bonds is 2. The van der Waals surface area contributed by atoms with Crippen molar-refractivity contribution in [2.45, 2.75) is 6.92 Å². The average molecular weight is 275 g/mol. The van der Waals surface area contributed by atoms with Crippen LogP contribution in [-0.2, 0) is 0 Å². The summed E-state index contributed by atoms with van der Waals surface area (Å²) in [6.07, 6.45) is 0. The Hall–Kier alpha value is -2.72. The molecule has 0 unspecified atom stereocenters. The molecule has 0 spiro atoms. The van der Waals surface area contributed by atoms with E-state index in [1.165, 1.54) is 12.1 Å². The molecule has 7 heteroatoms. The van der Waals surface area contributed by atoms with Gasteiger partial charge >= 0.3 is 6.01 Å². The molecule has 2 N–H and O–H groups in total. The zero-order chi connectivity index (χ0) is 14.5. The Balaban J connectivity index is 2.24. The Labute approximate surface area is 113 Å². The zero-order valence-electron chi connectivity index (χ0n) is 10.5. The maximum Gasteiger partial charge on any atom is 0.322 e. The lowest BCUT2D eigenvalue weighted by molar-refractivity contribution is 0.102. The van der Waals surface area contributed by atoms with Crippen molar-refractivity contribution in [2.75, 3.05) is 11.9 Å². The molecule has 0 bridgehead atoms. The second-order valence-electron chi connectivity index (χ2n) is 3.73. The largest absolute Gasteiger partial charge is 0.408 e. The van der Waals surface area contributed by atoms with E-state index in [0.29, 0.717) is 5.56 Å². The van der Waals surface area contributed by atoms with Gasteiger partial charge in [0.1, 0.15) is 12.4 Å². The second-order valence-corrected chi connectivity index (χ2v) is 3.73. The number of halogens is 1. The molecule has 102 valence electrons. The minimum Gasteiger partial charge on any atom is -0.408 e. The molecule has 1 amide bonds. The molecule has 0 fully saturated rings. The first-order chi connectivity index (χ1) is 9.60. The van der Waals surface area contributed by atoms with Crippen LogP contribution >= 0.6 is 0 Å². The number of benzene rings is 1. The lowest BCUT2D eigenvalue weighted by Crippen LogP contribution is -2.14. The molecule has 2 rings (SSSR count). The van der Waals surface area contributed by atoms with Gasteiger partial charge in [0, 0.05) is 12.5 Å². The lowest BCUT2D eigenvalue weighted by atomic mass is 10.1. The van der Waals surface area contributed by atoms with Gasteiger partial charge in [0.25, 0.3) is 5.91 Å². The van der Waals surface area contributed by atoms with Crippen molar-refractivity contribution < 1.29 is 18.7 Å². The molecular weight excluding hydrogens is 265 g/mol. The minimum absolute atomic E-state index is 0.112. The molecular formula is C13H10FN3O3. The molecule has 0 saturated heterocycles. The highest BCUT2D eigenvalue weighted by Crippen LogP contribution is 2.13. The number of hydrogen-bond acceptors (Lipinski definition) is 5. The quantitative estimate of drug-likeness (QED) is 0.802. The van der Waals surface area contributed by atoms with Gasteiger partial charge in [0.05, 0.1) is 5.56 Å². The third-order valence-corrected chi connectivity index (χ3v) is 2.27. The Morgan fingerprint density at radius 3 is 2.95 bits per heavy atom. The van der Waals surface area contributed by atoms with Crippen molar-refractivity contribution in [3.63, 3.8) is 0 Å². The van der Waals surface area contributed by atoms with Crippen molar-refractivity contribution in [2.24, 2.45) is 0 Å². The maximum atomic E-state index is 13.6. The number of aliphatic hydroxyl groups is 1. The maximum absolute atomic E-state index is 13.6. The summed E-state index contributed by atoms with van der Waals surface area (Å²) in [6.45, 7) is 1.24. The number of carbonyl (C=O) groups is 1. The molecule has 1 aromatic heterocycles. The monoisotopic (exact) mass is 275 g/mol. The van der Waals surface area contributed by atoms with Crippen LogP contribution in [0, 0.1) is 24.6 Å². The SMILES string of the molecule is Cc1nnc(NC(=O)c2cc(C#CCO)ccc2F)o1. The van der Waals surface area contributed by atoms with Crippen molar-refractivity contribution in [3.8, 4) is 11.8 Å².